The van der Waals surface area contributed by atoms with Crippen LogP contribution in [0.4, 0.5) is 13.2 Å². The second-order valence-corrected chi connectivity index (χ2v) is 4.38. The van der Waals surface area contributed by atoms with Crippen LogP contribution in [0.2, 0.25) is 0 Å². The molecule has 0 saturated heterocycles. The second-order valence-electron chi connectivity index (χ2n) is 4.38. The molecular weight excluding hydrogens is 263 g/mol. The fourth-order valence-electron chi connectivity index (χ4n) is 1.31. The van der Waals surface area contributed by atoms with Crippen LogP contribution in [-0.4, -0.2) is 42.1 Å². The zero-order valence-electron chi connectivity index (χ0n) is 11.0. The molecule has 0 saturated carbocycles. The van der Waals surface area contributed by atoms with Gasteiger partial charge >= 0.3 is 6.18 Å². The third kappa shape index (κ3) is 7.78. The van der Waals surface area contributed by atoms with Crippen molar-refractivity contribution >= 4 is 0 Å². The van der Waals surface area contributed by atoms with Crippen LogP contribution in [0, 0.1) is 0 Å². The Morgan fingerprint density at radius 1 is 1.32 bits per heavy atom. The Kier molecular flexibility index (Phi) is 6.23. The SMILES string of the molecule is CC(C)NCCc1nc(CCOCC(F)(F)F)no1. The Morgan fingerprint density at radius 3 is 2.68 bits per heavy atom. The highest BCUT2D eigenvalue weighted by Gasteiger charge is 2.27. The van der Waals surface area contributed by atoms with Gasteiger partial charge in [-0.05, 0) is 0 Å². The average molecular weight is 281 g/mol. The number of hydrogen-bond donors (Lipinski definition) is 1. The van der Waals surface area contributed by atoms with Gasteiger partial charge in [0.2, 0.25) is 5.89 Å². The van der Waals surface area contributed by atoms with Crippen LogP contribution in [0.25, 0.3) is 0 Å². The molecule has 0 aliphatic rings. The smallest absolute Gasteiger partial charge is 0.372 e. The Bertz CT molecular complexity index is 366. The largest absolute Gasteiger partial charge is 0.411 e. The normalized spacial score (nSPS) is 12.3. The highest BCUT2D eigenvalue weighted by molar-refractivity contribution is 4.87. The molecule has 0 amide bonds. The van der Waals surface area contributed by atoms with E-state index >= 15 is 0 Å². The Morgan fingerprint density at radius 2 is 2.05 bits per heavy atom. The summed E-state index contributed by atoms with van der Waals surface area (Å²) in [4.78, 5) is 4.06. The second kappa shape index (κ2) is 7.44. The summed E-state index contributed by atoms with van der Waals surface area (Å²) >= 11 is 0. The highest BCUT2D eigenvalue weighted by atomic mass is 19.4. The fraction of sp³-hybridized carbons (Fsp3) is 0.818. The molecule has 0 aliphatic heterocycles. The van der Waals surface area contributed by atoms with Crippen molar-refractivity contribution < 1.29 is 22.4 Å². The molecule has 19 heavy (non-hydrogen) atoms. The highest BCUT2D eigenvalue weighted by Crippen LogP contribution is 2.14. The first-order chi connectivity index (χ1) is 8.87. The minimum Gasteiger partial charge on any atom is -0.372 e. The number of aromatic nitrogens is 2. The molecule has 0 spiro atoms. The predicted molar refractivity (Wildman–Crippen MR) is 61.7 cm³/mol. The molecule has 1 aromatic rings. The first-order valence-corrected chi connectivity index (χ1v) is 6.06. The maximum Gasteiger partial charge on any atom is 0.411 e. The topological polar surface area (TPSA) is 60.2 Å². The van der Waals surface area contributed by atoms with E-state index in [1.54, 1.807) is 0 Å². The summed E-state index contributed by atoms with van der Waals surface area (Å²) in [5.74, 6) is 0.834. The first kappa shape index (κ1) is 15.9. The van der Waals surface area contributed by atoms with E-state index in [-0.39, 0.29) is 13.0 Å². The van der Waals surface area contributed by atoms with E-state index < -0.39 is 12.8 Å². The lowest BCUT2D eigenvalue weighted by Gasteiger charge is -2.05. The van der Waals surface area contributed by atoms with Crippen LogP contribution in [0.1, 0.15) is 25.6 Å². The summed E-state index contributed by atoms with van der Waals surface area (Å²) in [6, 6.07) is 0.373. The van der Waals surface area contributed by atoms with Crippen molar-refractivity contribution in [1.29, 1.82) is 0 Å². The Hall–Kier alpha value is -1.15. The van der Waals surface area contributed by atoms with Crippen molar-refractivity contribution in [1.82, 2.24) is 15.5 Å². The monoisotopic (exact) mass is 281 g/mol. The number of alkyl halides is 3. The fourth-order valence-corrected chi connectivity index (χ4v) is 1.31. The van der Waals surface area contributed by atoms with Crippen molar-refractivity contribution in [2.75, 3.05) is 19.8 Å². The molecule has 0 aliphatic carbocycles. The maximum absolute atomic E-state index is 11.8. The summed E-state index contributed by atoms with van der Waals surface area (Å²) in [6.45, 7) is 3.43. The Balaban J connectivity index is 2.19. The van der Waals surface area contributed by atoms with E-state index in [1.807, 2.05) is 13.8 Å². The van der Waals surface area contributed by atoms with Crippen molar-refractivity contribution in [3.8, 4) is 0 Å². The average Bonchev–Trinajstić information content (AvgIpc) is 2.71. The van der Waals surface area contributed by atoms with Gasteiger partial charge in [-0.15, -0.1) is 0 Å². The van der Waals surface area contributed by atoms with Crippen LogP contribution in [-0.2, 0) is 17.6 Å². The van der Waals surface area contributed by atoms with E-state index in [9.17, 15) is 13.2 Å². The molecule has 0 unspecified atom stereocenters. The van der Waals surface area contributed by atoms with Crippen LogP contribution in [0.3, 0.4) is 0 Å². The number of nitrogens with one attached hydrogen (secondary N) is 1. The molecule has 1 heterocycles. The van der Waals surface area contributed by atoms with Gasteiger partial charge in [0.1, 0.15) is 6.61 Å². The summed E-state index contributed by atoms with van der Waals surface area (Å²) in [6.07, 6.45) is -3.50. The first-order valence-electron chi connectivity index (χ1n) is 6.06. The number of ether oxygens (including phenoxy) is 1. The molecule has 0 atom stereocenters. The lowest BCUT2D eigenvalue weighted by molar-refractivity contribution is -0.173. The lowest BCUT2D eigenvalue weighted by atomic mass is 10.3. The summed E-state index contributed by atoms with van der Waals surface area (Å²) in [7, 11) is 0. The third-order valence-electron chi connectivity index (χ3n) is 2.14. The number of hydrogen-bond acceptors (Lipinski definition) is 5. The molecular formula is C11H18F3N3O2. The molecule has 1 rings (SSSR count). The van der Waals surface area contributed by atoms with Gasteiger partial charge < -0.3 is 14.6 Å². The van der Waals surface area contributed by atoms with Gasteiger partial charge in [0, 0.05) is 25.4 Å². The van der Waals surface area contributed by atoms with E-state index in [0.29, 0.717) is 30.7 Å². The molecule has 0 aromatic carbocycles. The van der Waals surface area contributed by atoms with Crippen LogP contribution in [0.5, 0.6) is 0 Å². The van der Waals surface area contributed by atoms with E-state index in [4.69, 9.17) is 4.52 Å². The maximum atomic E-state index is 11.8. The third-order valence-corrected chi connectivity index (χ3v) is 2.14. The van der Waals surface area contributed by atoms with Crippen molar-refractivity contribution in [3.63, 3.8) is 0 Å². The minimum absolute atomic E-state index is 0.0806. The van der Waals surface area contributed by atoms with Crippen molar-refractivity contribution in [3.05, 3.63) is 11.7 Å². The zero-order chi connectivity index (χ0) is 14.3. The van der Waals surface area contributed by atoms with Gasteiger partial charge in [-0.3, -0.25) is 0 Å². The van der Waals surface area contributed by atoms with Gasteiger partial charge in [0.05, 0.1) is 6.61 Å². The summed E-state index contributed by atoms with van der Waals surface area (Å²) in [5, 5.41) is 6.87. The van der Waals surface area contributed by atoms with Gasteiger partial charge in [0.15, 0.2) is 5.82 Å². The number of nitrogens with zero attached hydrogens (tertiary/aromatic N) is 2. The van der Waals surface area contributed by atoms with E-state index in [1.165, 1.54) is 0 Å². The van der Waals surface area contributed by atoms with Gasteiger partial charge in [-0.1, -0.05) is 19.0 Å². The molecule has 110 valence electrons. The summed E-state index contributed by atoms with van der Waals surface area (Å²) in [5.41, 5.74) is 0. The molecule has 0 bridgehead atoms. The molecule has 1 aromatic heterocycles. The number of halogens is 3. The zero-order valence-corrected chi connectivity index (χ0v) is 11.0. The Labute approximate surface area is 109 Å². The van der Waals surface area contributed by atoms with Gasteiger partial charge in [-0.2, -0.15) is 18.2 Å². The quantitative estimate of drug-likeness (QED) is 0.735. The standard InChI is InChI=1S/C11H18F3N3O2/c1-8(2)15-5-3-10-16-9(17-19-10)4-6-18-7-11(12,13)14/h8,15H,3-7H2,1-2H3. The van der Waals surface area contributed by atoms with Crippen LogP contribution >= 0.6 is 0 Å². The van der Waals surface area contributed by atoms with Crippen LogP contribution < -0.4 is 5.32 Å². The molecule has 8 heteroatoms. The molecule has 5 nitrogen and oxygen atoms in total. The molecule has 0 fully saturated rings. The lowest BCUT2D eigenvalue weighted by Crippen LogP contribution is -2.25. The number of rotatable bonds is 8. The van der Waals surface area contributed by atoms with Gasteiger partial charge in [0.25, 0.3) is 0 Å². The predicted octanol–water partition coefficient (Wildman–Crippen LogP) is 1.73. The van der Waals surface area contributed by atoms with Gasteiger partial charge in [-0.25, -0.2) is 0 Å². The van der Waals surface area contributed by atoms with Crippen LogP contribution in [0.15, 0.2) is 4.52 Å². The molecule has 1 N–H and O–H groups in total. The van der Waals surface area contributed by atoms with Crippen molar-refractivity contribution in [2.45, 2.75) is 38.9 Å². The minimum atomic E-state index is -4.30. The summed E-state index contributed by atoms with van der Waals surface area (Å²) < 4.78 is 44.9. The van der Waals surface area contributed by atoms with E-state index in [0.717, 1.165) is 0 Å². The van der Waals surface area contributed by atoms with Crippen molar-refractivity contribution in [2.24, 2.45) is 0 Å². The molecule has 0 radical (unpaired) electrons. The van der Waals surface area contributed by atoms with E-state index in [2.05, 4.69) is 20.2 Å².